The summed E-state index contributed by atoms with van der Waals surface area (Å²) < 4.78 is 39.0. The van der Waals surface area contributed by atoms with Gasteiger partial charge in [0, 0.05) is 23.4 Å². The van der Waals surface area contributed by atoms with Crippen molar-refractivity contribution in [1.29, 1.82) is 0 Å². The van der Waals surface area contributed by atoms with Crippen molar-refractivity contribution in [2.75, 3.05) is 0 Å². The summed E-state index contributed by atoms with van der Waals surface area (Å²) in [6.07, 6.45) is 0.889. The fourth-order valence-corrected chi connectivity index (χ4v) is 3.11. The van der Waals surface area contributed by atoms with Gasteiger partial charge < -0.3 is 5.11 Å². The van der Waals surface area contributed by atoms with Gasteiger partial charge in [-0.25, -0.2) is 0 Å². The first kappa shape index (κ1) is 14.3. The van der Waals surface area contributed by atoms with Crippen molar-refractivity contribution >= 4 is 0 Å². The molecule has 106 valence electrons. The monoisotopic (exact) mass is 273 g/mol. The van der Waals surface area contributed by atoms with Crippen LogP contribution in [0.5, 0.6) is 0 Å². The van der Waals surface area contributed by atoms with E-state index >= 15 is 0 Å². The SMILES string of the molecule is CCC1(C(O)c2cnccc2C(F)(F)F)CCCC1. The van der Waals surface area contributed by atoms with Crippen molar-refractivity contribution in [3.63, 3.8) is 0 Å². The van der Waals surface area contributed by atoms with Crippen LogP contribution in [0.15, 0.2) is 18.5 Å². The Kier molecular flexibility index (Phi) is 3.85. The Hall–Kier alpha value is -1.10. The van der Waals surface area contributed by atoms with Gasteiger partial charge in [-0.15, -0.1) is 0 Å². The van der Waals surface area contributed by atoms with Crippen LogP contribution in [0.25, 0.3) is 0 Å². The molecule has 0 amide bonds. The van der Waals surface area contributed by atoms with Gasteiger partial charge in [-0.2, -0.15) is 13.2 Å². The average Bonchev–Trinajstić information content (AvgIpc) is 2.87. The summed E-state index contributed by atoms with van der Waals surface area (Å²) in [5.41, 5.74) is -1.28. The Morgan fingerprint density at radius 1 is 1.37 bits per heavy atom. The van der Waals surface area contributed by atoms with Gasteiger partial charge >= 0.3 is 6.18 Å². The van der Waals surface area contributed by atoms with Crippen molar-refractivity contribution < 1.29 is 18.3 Å². The van der Waals surface area contributed by atoms with Crippen LogP contribution in [-0.2, 0) is 6.18 Å². The van der Waals surface area contributed by atoms with E-state index in [-0.39, 0.29) is 5.56 Å². The summed E-state index contributed by atoms with van der Waals surface area (Å²) in [5, 5.41) is 10.5. The lowest BCUT2D eigenvalue weighted by Gasteiger charge is -2.34. The number of nitrogens with zero attached hydrogens (tertiary/aromatic N) is 1. The zero-order valence-corrected chi connectivity index (χ0v) is 10.9. The molecule has 1 aromatic rings. The Morgan fingerprint density at radius 3 is 2.53 bits per heavy atom. The van der Waals surface area contributed by atoms with Gasteiger partial charge in [-0.05, 0) is 25.3 Å². The Bertz CT molecular complexity index is 439. The zero-order chi connectivity index (χ0) is 14.1. The van der Waals surface area contributed by atoms with E-state index in [2.05, 4.69) is 4.98 Å². The minimum atomic E-state index is -4.45. The molecule has 1 heterocycles. The fourth-order valence-electron chi connectivity index (χ4n) is 3.11. The van der Waals surface area contributed by atoms with Crippen LogP contribution in [0.1, 0.15) is 56.3 Å². The van der Waals surface area contributed by atoms with Crippen molar-refractivity contribution in [2.24, 2.45) is 5.41 Å². The molecular formula is C14H18F3NO. The van der Waals surface area contributed by atoms with E-state index in [1.165, 1.54) is 0 Å². The van der Waals surface area contributed by atoms with Gasteiger partial charge in [-0.1, -0.05) is 19.8 Å². The molecule has 0 radical (unpaired) electrons. The number of rotatable bonds is 3. The predicted octanol–water partition coefficient (Wildman–Crippen LogP) is 4.10. The van der Waals surface area contributed by atoms with Crippen LogP contribution in [0.3, 0.4) is 0 Å². The Labute approximate surface area is 110 Å². The second-order valence-electron chi connectivity index (χ2n) is 5.29. The standard InChI is InChI=1S/C14H18F3NO/c1-2-13(6-3-4-7-13)12(19)10-9-18-8-5-11(10)14(15,16)17/h5,8-9,12,19H,2-4,6-7H2,1H3. The van der Waals surface area contributed by atoms with Gasteiger partial charge in [0.2, 0.25) is 0 Å². The van der Waals surface area contributed by atoms with E-state index in [1.807, 2.05) is 6.92 Å². The minimum Gasteiger partial charge on any atom is -0.388 e. The molecule has 0 spiro atoms. The molecule has 1 fully saturated rings. The van der Waals surface area contributed by atoms with E-state index in [9.17, 15) is 18.3 Å². The summed E-state index contributed by atoms with van der Waals surface area (Å²) in [6, 6.07) is 0.941. The molecule has 1 unspecified atom stereocenters. The number of pyridine rings is 1. The highest BCUT2D eigenvalue weighted by Gasteiger charge is 2.43. The quantitative estimate of drug-likeness (QED) is 0.899. The normalized spacial score (nSPS) is 20.5. The molecule has 2 nitrogen and oxygen atoms in total. The first-order valence-electron chi connectivity index (χ1n) is 6.60. The van der Waals surface area contributed by atoms with Crippen LogP contribution < -0.4 is 0 Å². The first-order chi connectivity index (χ1) is 8.91. The van der Waals surface area contributed by atoms with Crippen molar-refractivity contribution in [3.8, 4) is 0 Å². The highest BCUT2D eigenvalue weighted by molar-refractivity contribution is 5.30. The molecule has 1 atom stereocenters. The van der Waals surface area contributed by atoms with Gasteiger partial charge in [0.1, 0.15) is 0 Å². The second kappa shape index (κ2) is 5.12. The molecule has 2 rings (SSSR count). The summed E-state index contributed by atoms with van der Waals surface area (Å²) >= 11 is 0. The van der Waals surface area contributed by atoms with E-state index in [1.54, 1.807) is 0 Å². The lowest BCUT2D eigenvalue weighted by molar-refractivity contribution is -0.140. The number of aromatic nitrogens is 1. The van der Waals surface area contributed by atoms with Crippen LogP contribution in [0.4, 0.5) is 13.2 Å². The first-order valence-corrected chi connectivity index (χ1v) is 6.60. The molecule has 5 heteroatoms. The van der Waals surface area contributed by atoms with E-state index < -0.39 is 23.3 Å². The fraction of sp³-hybridized carbons (Fsp3) is 0.643. The summed E-state index contributed by atoms with van der Waals surface area (Å²) in [7, 11) is 0. The summed E-state index contributed by atoms with van der Waals surface area (Å²) in [5.74, 6) is 0. The summed E-state index contributed by atoms with van der Waals surface area (Å²) in [4.78, 5) is 3.76. The molecule has 0 bridgehead atoms. The molecule has 1 aliphatic carbocycles. The maximum Gasteiger partial charge on any atom is 0.416 e. The number of aliphatic hydroxyl groups excluding tert-OH is 1. The van der Waals surface area contributed by atoms with E-state index in [0.29, 0.717) is 6.42 Å². The minimum absolute atomic E-state index is 0.0845. The lowest BCUT2D eigenvalue weighted by atomic mass is 9.74. The van der Waals surface area contributed by atoms with Gasteiger partial charge in [0.25, 0.3) is 0 Å². The Balaban J connectivity index is 2.41. The molecule has 1 saturated carbocycles. The molecule has 0 saturated heterocycles. The number of aliphatic hydroxyl groups is 1. The van der Waals surface area contributed by atoms with E-state index in [0.717, 1.165) is 44.1 Å². The van der Waals surface area contributed by atoms with Crippen molar-refractivity contribution in [2.45, 2.75) is 51.3 Å². The lowest BCUT2D eigenvalue weighted by Crippen LogP contribution is -2.27. The third-order valence-electron chi connectivity index (χ3n) is 4.34. The van der Waals surface area contributed by atoms with Crippen molar-refractivity contribution in [1.82, 2.24) is 4.98 Å². The van der Waals surface area contributed by atoms with Crippen LogP contribution in [-0.4, -0.2) is 10.1 Å². The maximum absolute atomic E-state index is 13.0. The van der Waals surface area contributed by atoms with E-state index in [4.69, 9.17) is 0 Å². The Morgan fingerprint density at radius 2 is 2.00 bits per heavy atom. The molecule has 1 N–H and O–H groups in total. The predicted molar refractivity (Wildman–Crippen MR) is 65.4 cm³/mol. The largest absolute Gasteiger partial charge is 0.416 e. The highest BCUT2D eigenvalue weighted by atomic mass is 19.4. The van der Waals surface area contributed by atoms with Gasteiger partial charge in [-0.3, -0.25) is 4.98 Å². The highest BCUT2D eigenvalue weighted by Crippen LogP contribution is 2.51. The molecule has 0 aliphatic heterocycles. The van der Waals surface area contributed by atoms with Crippen molar-refractivity contribution in [3.05, 3.63) is 29.6 Å². The molecule has 0 aromatic carbocycles. The molecule has 19 heavy (non-hydrogen) atoms. The van der Waals surface area contributed by atoms with Crippen LogP contribution >= 0.6 is 0 Å². The average molecular weight is 273 g/mol. The molecule has 1 aromatic heterocycles. The number of alkyl halides is 3. The topological polar surface area (TPSA) is 33.1 Å². The number of hydrogen-bond acceptors (Lipinski definition) is 2. The smallest absolute Gasteiger partial charge is 0.388 e. The number of halogens is 3. The third kappa shape index (κ3) is 2.61. The van der Waals surface area contributed by atoms with Gasteiger partial charge in [0.15, 0.2) is 0 Å². The van der Waals surface area contributed by atoms with Gasteiger partial charge in [0.05, 0.1) is 11.7 Å². The zero-order valence-electron chi connectivity index (χ0n) is 10.9. The maximum atomic E-state index is 13.0. The molecule has 1 aliphatic rings. The summed E-state index contributed by atoms with van der Waals surface area (Å²) in [6.45, 7) is 1.93. The van der Waals surface area contributed by atoms with Crippen LogP contribution in [0.2, 0.25) is 0 Å². The second-order valence-corrected chi connectivity index (χ2v) is 5.29. The number of hydrogen-bond donors (Lipinski definition) is 1. The molecular weight excluding hydrogens is 255 g/mol. The van der Waals surface area contributed by atoms with Crippen LogP contribution in [0, 0.1) is 5.41 Å². The third-order valence-corrected chi connectivity index (χ3v) is 4.34.